The maximum Gasteiger partial charge on any atom is 0.273 e. The van der Waals surface area contributed by atoms with Crippen LogP contribution < -0.4 is 0 Å². The number of sulfone groups is 1. The standard InChI is InChI=1S/C15H18N2O4S3/c1-21-6-5-17(11-4-8-24(19,20)10-11)15(18)12-9-23-14(16-12)13-3-2-7-22-13/h2-3,7,9,11H,4-6,8,10H2,1H3. The summed E-state index contributed by atoms with van der Waals surface area (Å²) >= 11 is 2.99. The van der Waals surface area contributed by atoms with E-state index in [-0.39, 0.29) is 23.5 Å². The summed E-state index contributed by atoms with van der Waals surface area (Å²) < 4.78 is 28.6. The van der Waals surface area contributed by atoms with Crippen LogP contribution in [0, 0.1) is 0 Å². The number of hydrogen-bond donors (Lipinski definition) is 0. The van der Waals surface area contributed by atoms with Crippen LogP contribution in [0.3, 0.4) is 0 Å². The van der Waals surface area contributed by atoms with Crippen LogP contribution >= 0.6 is 22.7 Å². The second kappa shape index (κ2) is 7.30. The van der Waals surface area contributed by atoms with Crippen LogP contribution in [-0.4, -0.2) is 62.0 Å². The lowest BCUT2D eigenvalue weighted by Gasteiger charge is -2.27. The van der Waals surface area contributed by atoms with Gasteiger partial charge in [-0.2, -0.15) is 0 Å². The molecule has 0 spiro atoms. The van der Waals surface area contributed by atoms with E-state index in [2.05, 4.69) is 4.98 Å². The van der Waals surface area contributed by atoms with E-state index in [1.54, 1.807) is 28.7 Å². The Balaban J connectivity index is 1.81. The largest absolute Gasteiger partial charge is 0.383 e. The number of amides is 1. The van der Waals surface area contributed by atoms with Gasteiger partial charge >= 0.3 is 0 Å². The van der Waals surface area contributed by atoms with Gasteiger partial charge in [-0.1, -0.05) is 6.07 Å². The number of hydrogen-bond acceptors (Lipinski definition) is 7. The summed E-state index contributed by atoms with van der Waals surface area (Å²) in [4.78, 5) is 19.9. The van der Waals surface area contributed by atoms with Crippen molar-refractivity contribution in [3.63, 3.8) is 0 Å². The first-order valence-corrected chi connectivity index (χ1v) is 11.1. The number of carbonyl (C=O) groups is 1. The molecule has 1 aliphatic heterocycles. The molecule has 6 nitrogen and oxygen atoms in total. The predicted molar refractivity (Wildman–Crippen MR) is 95.4 cm³/mol. The Kier molecular flexibility index (Phi) is 5.33. The number of rotatable bonds is 6. The van der Waals surface area contributed by atoms with Gasteiger partial charge in [-0.3, -0.25) is 4.79 Å². The number of aromatic nitrogens is 1. The highest BCUT2D eigenvalue weighted by atomic mass is 32.2. The van der Waals surface area contributed by atoms with Crippen molar-refractivity contribution >= 4 is 38.4 Å². The average molecular weight is 387 g/mol. The zero-order valence-corrected chi connectivity index (χ0v) is 15.6. The van der Waals surface area contributed by atoms with E-state index in [1.165, 1.54) is 11.3 Å². The van der Waals surface area contributed by atoms with Crippen molar-refractivity contribution in [2.24, 2.45) is 0 Å². The molecule has 0 N–H and O–H groups in total. The number of methoxy groups -OCH3 is 1. The summed E-state index contributed by atoms with van der Waals surface area (Å²) in [5, 5.41) is 4.51. The van der Waals surface area contributed by atoms with Crippen LogP contribution in [0.1, 0.15) is 16.9 Å². The topological polar surface area (TPSA) is 76.6 Å². The molecular formula is C15H18N2O4S3. The number of nitrogens with zero attached hydrogens (tertiary/aromatic N) is 2. The predicted octanol–water partition coefficient (Wildman–Crippen LogP) is 2.15. The average Bonchev–Trinajstić information content (AvgIpc) is 3.26. The minimum absolute atomic E-state index is 0.0182. The van der Waals surface area contributed by atoms with Gasteiger partial charge in [0.1, 0.15) is 10.7 Å². The van der Waals surface area contributed by atoms with E-state index >= 15 is 0 Å². The molecule has 130 valence electrons. The summed E-state index contributed by atoms with van der Waals surface area (Å²) in [7, 11) is -1.50. The molecule has 0 saturated carbocycles. The molecule has 1 aliphatic rings. The van der Waals surface area contributed by atoms with Crippen molar-refractivity contribution in [3.8, 4) is 9.88 Å². The monoisotopic (exact) mass is 386 g/mol. The third-order valence-corrected chi connectivity index (χ3v) is 7.53. The Morgan fingerprint density at radius 1 is 1.46 bits per heavy atom. The van der Waals surface area contributed by atoms with Crippen molar-refractivity contribution in [1.29, 1.82) is 0 Å². The van der Waals surface area contributed by atoms with Crippen LogP contribution in [0.15, 0.2) is 22.9 Å². The Bertz CT molecular complexity index is 799. The maximum atomic E-state index is 12.9. The van der Waals surface area contributed by atoms with Gasteiger partial charge in [-0.05, 0) is 17.9 Å². The minimum Gasteiger partial charge on any atom is -0.383 e. The lowest BCUT2D eigenvalue weighted by molar-refractivity contribution is 0.0619. The second-order valence-electron chi connectivity index (χ2n) is 5.56. The van der Waals surface area contributed by atoms with Crippen molar-refractivity contribution in [2.45, 2.75) is 12.5 Å². The van der Waals surface area contributed by atoms with Gasteiger partial charge in [0.25, 0.3) is 5.91 Å². The van der Waals surface area contributed by atoms with Gasteiger partial charge < -0.3 is 9.64 Å². The van der Waals surface area contributed by atoms with Gasteiger partial charge in [-0.15, -0.1) is 22.7 Å². The molecule has 1 fully saturated rings. The molecule has 3 rings (SSSR count). The number of thiophene rings is 1. The van der Waals surface area contributed by atoms with Gasteiger partial charge in [-0.25, -0.2) is 13.4 Å². The Morgan fingerprint density at radius 2 is 2.29 bits per heavy atom. The summed E-state index contributed by atoms with van der Waals surface area (Å²) in [5.41, 5.74) is 0.365. The zero-order chi connectivity index (χ0) is 17.2. The molecule has 0 bridgehead atoms. The number of ether oxygens (including phenoxy) is 1. The molecule has 24 heavy (non-hydrogen) atoms. The van der Waals surface area contributed by atoms with Crippen LogP contribution in [0.5, 0.6) is 0 Å². The number of thiazole rings is 1. The fraction of sp³-hybridized carbons (Fsp3) is 0.467. The smallest absolute Gasteiger partial charge is 0.273 e. The molecule has 2 aromatic rings. The zero-order valence-electron chi connectivity index (χ0n) is 13.2. The van der Waals surface area contributed by atoms with Gasteiger partial charge in [0.05, 0.1) is 23.0 Å². The van der Waals surface area contributed by atoms with Crippen LogP contribution in [-0.2, 0) is 14.6 Å². The molecule has 3 heterocycles. The summed E-state index contributed by atoms with van der Waals surface area (Å²) in [6.07, 6.45) is 0.472. The van der Waals surface area contributed by atoms with Gasteiger partial charge in [0.15, 0.2) is 9.84 Å². The lowest BCUT2D eigenvalue weighted by Crippen LogP contribution is -2.43. The van der Waals surface area contributed by atoms with Crippen LogP contribution in [0.2, 0.25) is 0 Å². The molecule has 2 aromatic heterocycles. The highest BCUT2D eigenvalue weighted by Gasteiger charge is 2.35. The maximum absolute atomic E-state index is 12.9. The summed E-state index contributed by atoms with van der Waals surface area (Å²) in [6, 6.07) is 3.60. The van der Waals surface area contributed by atoms with E-state index in [4.69, 9.17) is 4.74 Å². The van der Waals surface area contributed by atoms with Crippen molar-refractivity contribution in [1.82, 2.24) is 9.88 Å². The molecule has 0 aliphatic carbocycles. The molecule has 1 saturated heterocycles. The quantitative estimate of drug-likeness (QED) is 0.760. The SMILES string of the molecule is COCCN(C(=O)c1csc(-c2cccs2)n1)C1CCS(=O)(=O)C1. The van der Waals surface area contributed by atoms with Crippen molar-refractivity contribution in [3.05, 3.63) is 28.6 Å². The summed E-state index contributed by atoms with van der Waals surface area (Å²) in [5.74, 6) is -0.0794. The highest BCUT2D eigenvalue weighted by molar-refractivity contribution is 7.91. The first-order chi connectivity index (χ1) is 11.5. The molecule has 9 heteroatoms. The van der Waals surface area contributed by atoms with Gasteiger partial charge in [0.2, 0.25) is 0 Å². The van der Waals surface area contributed by atoms with E-state index < -0.39 is 9.84 Å². The van der Waals surface area contributed by atoms with Crippen molar-refractivity contribution < 1.29 is 17.9 Å². The molecule has 1 unspecified atom stereocenters. The third-order valence-electron chi connectivity index (χ3n) is 3.90. The van der Waals surface area contributed by atoms with Crippen LogP contribution in [0.4, 0.5) is 0 Å². The minimum atomic E-state index is -3.06. The molecule has 0 aromatic carbocycles. The lowest BCUT2D eigenvalue weighted by atomic mass is 10.2. The third kappa shape index (κ3) is 3.85. The molecule has 1 amide bonds. The van der Waals surface area contributed by atoms with E-state index in [9.17, 15) is 13.2 Å². The molecule has 0 radical (unpaired) electrons. The van der Waals surface area contributed by atoms with Crippen LogP contribution in [0.25, 0.3) is 9.88 Å². The fourth-order valence-electron chi connectivity index (χ4n) is 2.69. The Labute approximate surface area is 149 Å². The first-order valence-electron chi connectivity index (χ1n) is 7.50. The Morgan fingerprint density at radius 3 is 2.92 bits per heavy atom. The second-order valence-corrected chi connectivity index (χ2v) is 9.60. The summed E-state index contributed by atoms with van der Waals surface area (Å²) in [6.45, 7) is 0.728. The van der Waals surface area contributed by atoms with Crippen molar-refractivity contribution in [2.75, 3.05) is 31.8 Å². The fourth-order valence-corrected chi connectivity index (χ4v) is 6.03. The molecular weight excluding hydrogens is 368 g/mol. The van der Waals surface area contributed by atoms with E-state index in [0.29, 0.717) is 25.3 Å². The molecule has 1 atom stereocenters. The van der Waals surface area contributed by atoms with Gasteiger partial charge in [0, 0.05) is 25.1 Å². The highest BCUT2D eigenvalue weighted by Crippen LogP contribution is 2.29. The normalized spacial score (nSPS) is 19.5. The van der Waals surface area contributed by atoms with E-state index in [0.717, 1.165) is 9.88 Å². The Hall–Kier alpha value is -1.29. The van der Waals surface area contributed by atoms with E-state index in [1.807, 2.05) is 17.5 Å². The number of carbonyl (C=O) groups excluding carboxylic acids is 1. The first kappa shape index (κ1) is 17.5.